The maximum atomic E-state index is 11.0. The van der Waals surface area contributed by atoms with Gasteiger partial charge in [0.15, 0.2) is 0 Å². The first-order valence-electron chi connectivity index (χ1n) is 6.16. The van der Waals surface area contributed by atoms with Gasteiger partial charge in [0.25, 0.3) is 5.69 Å². The van der Waals surface area contributed by atoms with Crippen LogP contribution in [0, 0.1) is 10.1 Å². The Hall–Kier alpha value is -1.21. The molecule has 0 atom stereocenters. The van der Waals surface area contributed by atoms with Gasteiger partial charge in [-0.3, -0.25) is 15.5 Å². The van der Waals surface area contributed by atoms with Crippen molar-refractivity contribution in [2.45, 2.75) is 6.54 Å². The standard InChI is InChI=1S/C12H17ClN4O2/c1-15-4-6-16(7-5-15)14-9-10-2-3-11(13)8-12(10)17(18)19/h2-3,8,14H,4-7,9H2,1H3. The molecule has 0 amide bonds. The van der Waals surface area contributed by atoms with Crippen LogP contribution in [-0.4, -0.2) is 48.1 Å². The molecule has 1 aromatic carbocycles. The van der Waals surface area contributed by atoms with Gasteiger partial charge < -0.3 is 4.90 Å². The SMILES string of the molecule is CN1CCN(NCc2ccc(Cl)cc2[N+](=O)[O-])CC1. The number of hydrogen-bond acceptors (Lipinski definition) is 5. The Labute approximate surface area is 117 Å². The summed E-state index contributed by atoms with van der Waals surface area (Å²) in [5, 5.41) is 13.4. The summed E-state index contributed by atoms with van der Waals surface area (Å²) >= 11 is 5.79. The predicted octanol–water partition coefficient (Wildman–Crippen LogP) is 1.50. The van der Waals surface area contributed by atoms with Crippen LogP contribution in [0.15, 0.2) is 18.2 Å². The van der Waals surface area contributed by atoms with Crippen molar-refractivity contribution in [1.29, 1.82) is 0 Å². The van der Waals surface area contributed by atoms with E-state index in [4.69, 9.17) is 11.6 Å². The molecule has 19 heavy (non-hydrogen) atoms. The molecular weight excluding hydrogens is 268 g/mol. The topological polar surface area (TPSA) is 61.6 Å². The van der Waals surface area contributed by atoms with Crippen molar-refractivity contribution in [3.05, 3.63) is 38.9 Å². The fourth-order valence-electron chi connectivity index (χ4n) is 2.02. The Morgan fingerprint density at radius 1 is 1.37 bits per heavy atom. The summed E-state index contributed by atoms with van der Waals surface area (Å²) in [4.78, 5) is 12.8. The third-order valence-electron chi connectivity index (χ3n) is 3.24. The molecular formula is C12H17ClN4O2. The predicted molar refractivity (Wildman–Crippen MR) is 74.0 cm³/mol. The first-order valence-corrected chi connectivity index (χ1v) is 6.54. The average molecular weight is 285 g/mol. The van der Waals surface area contributed by atoms with Crippen LogP contribution in [0.25, 0.3) is 0 Å². The molecule has 0 radical (unpaired) electrons. The van der Waals surface area contributed by atoms with E-state index >= 15 is 0 Å². The zero-order valence-corrected chi connectivity index (χ0v) is 11.6. The molecule has 0 saturated carbocycles. The third kappa shape index (κ3) is 3.87. The molecule has 7 heteroatoms. The van der Waals surface area contributed by atoms with E-state index in [9.17, 15) is 10.1 Å². The smallest absolute Gasteiger partial charge is 0.275 e. The van der Waals surface area contributed by atoms with Gasteiger partial charge in [0.1, 0.15) is 0 Å². The van der Waals surface area contributed by atoms with Crippen molar-refractivity contribution in [3.63, 3.8) is 0 Å². The number of nitrogens with zero attached hydrogens (tertiary/aromatic N) is 3. The number of nitrogens with one attached hydrogen (secondary N) is 1. The summed E-state index contributed by atoms with van der Waals surface area (Å²) in [7, 11) is 2.08. The number of nitro groups is 1. The van der Waals surface area contributed by atoms with E-state index in [1.54, 1.807) is 12.1 Å². The minimum Gasteiger partial charge on any atom is -0.304 e. The second-order valence-corrected chi connectivity index (χ2v) is 5.09. The van der Waals surface area contributed by atoms with E-state index in [2.05, 4.69) is 22.4 Å². The van der Waals surface area contributed by atoms with Crippen molar-refractivity contribution in [1.82, 2.24) is 15.3 Å². The number of nitro benzene ring substituents is 1. The van der Waals surface area contributed by atoms with Crippen LogP contribution in [0.3, 0.4) is 0 Å². The summed E-state index contributed by atoms with van der Waals surface area (Å²) in [6.07, 6.45) is 0. The Bertz CT molecular complexity index is 461. The Morgan fingerprint density at radius 2 is 2.05 bits per heavy atom. The lowest BCUT2D eigenvalue weighted by Gasteiger charge is -2.32. The molecule has 6 nitrogen and oxygen atoms in total. The number of benzene rings is 1. The van der Waals surface area contributed by atoms with Crippen LogP contribution in [0.2, 0.25) is 5.02 Å². The van der Waals surface area contributed by atoms with Crippen molar-refractivity contribution in [3.8, 4) is 0 Å². The molecule has 2 rings (SSSR count). The van der Waals surface area contributed by atoms with Crippen LogP contribution in [0.1, 0.15) is 5.56 Å². The number of piperazine rings is 1. The van der Waals surface area contributed by atoms with Gasteiger partial charge in [0.05, 0.1) is 4.92 Å². The molecule has 1 aliphatic heterocycles. The van der Waals surface area contributed by atoms with Gasteiger partial charge in [-0.25, -0.2) is 5.01 Å². The normalized spacial score (nSPS) is 17.6. The van der Waals surface area contributed by atoms with E-state index in [-0.39, 0.29) is 5.69 Å². The van der Waals surface area contributed by atoms with Crippen LogP contribution >= 0.6 is 11.6 Å². The zero-order valence-electron chi connectivity index (χ0n) is 10.8. The molecule has 1 aliphatic rings. The quantitative estimate of drug-likeness (QED) is 0.671. The van der Waals surface area contributed by atoms with Gasteiger partial charge in [-0.15, -0.1) is 0 Å². The Morgan fingerprint density at radius 3 is 2.68 bits per heavy atom. The largest absolute Gasteiger partial charge is 0.304 e. The summed E-state index contributed by atoms with van der Waals surface area (Å²) in [6.45, 7) is 4.26. The summed E-state index contributed by atoms with van der Waals surface area (Å²) in [5.41, 5.74) is 3.94. The van der Waals surface area contributed by atoms with Gasteiger partial charge >= 0.3 is 0 Å². The molecule has 1 aromatic rings. The first-order chi connectivity index (χ1) is 9.06. The zero-order chi connectivity index (χ0) is 13.8. The molecule has 0 aromatic heterocycles. The van der Waals surface area contributed by atoms with Crippen molar-refractivity contribution in [2.24, 2.45) is 0 Å². The molecule has 0 unspecified atom stereocenters. The van der Waals surface area contributed by atoms with Crippen LogP contribution in [-0.2, 0) is 6.54 Å². The van der Waals surface area contributed by atoms with Crippen molar-refractivity contribution < 1.29 is 4.92 Å². The molecule has 1 heterocycles. The summed E-state index contributed by atoms with van der Waals surface area (Å²) in [6, 6.07) is 4.77. The molecule has 104 valence electrons. The molecule has 0 bridgehead atoms. The average Bonchev–Trinajstić information content (AvgIpc) is 2.39. The monoisotopic (exact) mass is 284 g/mol. The molecule has 0 spiro atoms. The molecule has 1 fully saturated rings. The van der Waals surface area contributed by atoms with Gasteiger partial charge in [-0.2, -0.15) is 0 Å². The fraction of sp³-hybridized carbons (Fsp3) is 0.500. The number of likely N-dealkylation sites (N-methyl/N-ethyl adjacent to an activating group) is 1. The van der Waals surface area contributed by atoms with E-state index in [0.717, 1.165) is 26.2 Å². The number of hydrogen-bond donors (Lipinski definition) is 1. The number of rotatable bonds is 4. The third-order valence-corrected chi connectivity index (χ3v) is 3.48. The molecule has 1 saturated heterocycles. The lowest BCUT2D eigenvalue weighted by molar-refractivity contribution is -0.385. The molecule has 0 aliphatic carbocycles. The second-order valence-electron chi connectivity index (χ2n) is 4.66. The van der Waals surface area contributed by atoms with E-state index in [1.807, 2.05) is 0 Å². The Kier molecular flexibility index (Phi) is 4.71. The molecule has 1 N–H and O–H groups in total. The minimum absolute atomic E-state index is 0.0640. The summed E-state index contributed by atoms with van der Waals surface area (Å²) in [5.74, 6) is 0. The lowest BCUT2D eigenvalue weighted by Crippen LogP contribution is -2.50. The highest BCUT2D eigenvalue weighted by Crippen LogP contribution is 2.23. The fourth-order valence-corrected chi connectivity index (χ4v) is 2.18. The highest BCUT2D eigenvalue weighted by molar-refractivity contribution is 6.30. The van der Waals surface area contributed by atoms with Crippen molar-refractivity contribution >= 4 is 17.3 Å². The minimum atomic E-state index is -0.396. The maximum absolute atomic E-state index is 11.0. The van der Waals surface area contributed by atoms with Gasteiger partial charge in [-0.05, 0) is 19.2 Å². The van der Waals surface area contributed by atoms with Crippen LogP contribution < -0.4 is 5.43 Å². The van der Waals surface area contributed by atoms with Gasteiger partial charge in [0, 0.05) is 49.4 Å². The van der Waals surface area contributed by atoms with E-state index < -0.39 is 4.92 Å². The first kappa shape index (κ1) is 14.2. The van der Waals surface area contributed by atoms with E-state index in [1.165, 1.54) is 6.07 Å². The highest BCUT2D eigenvalue weighted by atomic mass is 35.5. The Balaban J connectivity index is 1.97. The lowest BCUT2D eigenvalue weighted by atomic mass is 10.2. The van der Waals surface area contributed by atoms with Gasteiger partial charge in [0.2, 0.25) is 0 Å². The summed E-state index contributed by atoms with van der Waals surface area (Å²) < 4.78 is 0. The second kappa shape index (κ2) is 6.29. The highest BCUT2D eigenvalue weighted by Gasteiger charge is 2.17. The van der Waals surface area contributed by atoms with Gasteiger partial charge in [-0.1, -0.05) is 11.6 Å². The van der Waals surface area contributed by atoms with Crippen LogP contribution in [0.4, 0.5) is 5.69 Å². The van der Waals surface area contributed by atoms with Crippen molar-refractivity contribution in [2.75, 3.05) is 33.2 Å². The van der Waals surface area contributed by atoms with Crippen LogP contribution in [0.5, 0.6) is 0 Å². The number of hydrazine groups is 1. The number of halogens is 1. The maximum Gasteiger partial charge on any atom is 0.275 e. The van der Waals surface area contributed by atoms with E-state index in [0.29, 0.717) is 17.1 Å².